The zero-order valence-corrected chi connectivity index (χ0v) is 21.7. The van der Waals surface area contributed by atoms with Gasteiger partial charge >= 0.3 is 0 Å². The zero-order valence-electron chi connectivity index (χ0n) is 21.7. The summed E-state index contributed by atoms with van der Waals surface area (Å²) in [7, 11) is 0. The number of nitrogens with zero attached hydrogens (tertiary/aromatic N) is 4. The smallest absolute Gasteiger partial charge is 0.255 e. The first kappa shape index (κ1) is 24.1. The Balaban J connectivity index is 0.976. The van der Waals surface area contributed by atoms with Gasteiger partial charge in [0, 0.05) is 56.0 Å². The molecule has 0 radical (unpaired) electrons. The van der Waals surface area contributed by atoms with Crippen molar-refractivity contribution in [3.05, 3.63) is 77.6 Å². The molecule has 1 aliphatic carbocycles. The summed E-state index contributed by atoms with van der Waals surface area (Å²) in [5.41, 5.74) is 3.92. The summed E-state index contributed by atoms with van der Waals surface area (Å²) in [5.74, 6) is 0.476. The summed E-state index contributed by atoms with van der Waals surface area (Å²) >= 11 is 0. The monoisotopic (exact) mass is 525 g/mol. The highest BCUT2D eigenvalue weighted by Gasteiger charge is 2.42. The number of carbonyl (C=O) groups excluding carboxylic acids is 3. The molecular formula is C30H31N5O4. The molecule has 200 valence electrons. The molecule has 4 aliphatic rings. The maximum Gasteiger partial charge on any atom is 0.255 e. The van der Waals surface area contributed by atoms with Gasteiger partial charge in [0.2, 0.25) is 11.8 Å². The average Bonchev–Trinajstić information content (AvgIpc) is 3.66. The molecule has 3 aromatic rings. The number of benzene rings is 2. The van der Waals surface area contributed by atoms with E-state index in [4.69, 9.17) is 4.74 Å². The number of rotatable bonds is 6. The highest BCUT2D eigenvalue weighted by molar-refractivity contribution is 6.05. The van der Waals surface area contributed by atoms with Crippen molar-refractivity contribution in [3.8, 4) is 11.4 Å². The van der Waals surface area contributed by atoms with Crippen molar-refractivity contribution >= 4 is 17.7 Å². The fourth-order valence-corrected chi connectivity index (χ4v) is 6.58. The predicted octanol–water partition coefficient (Wildman–Crippen LogP) is 3.03. The summed E-state index contributed by atoms with van der Waals surface area (Å²) in [5, 5.41) is 6.66. The van der Waals surface area contributed by atoms with Gasteiger partial charge in [-0.2, -0.15) is 5.10 Å². The van der Waals surface area contributed by atoms with Crippen molar-refractivity contribution in [2.75, 3.05) is 13.1 Å². The van der Waals surface area contributed by atoms with Gasteiger partial charge in [0.05, 0.1) is 5.69 Å². The predicted molar refractivity (Wildman–Crippen MR) is 142 cm³/mol. The topological polar surface area (TPSA) is 96.8 Å². The molecule has 1 unspecified atom stereocenters. The van der Waals surface area contributed by atoms with E-state index in [0.717, 1.165) is 49.4 Å². The first-order chi connectivity index (χ1) is 19.0. The largest absolute Gasteiger partial charge is 0.489 e. The number of hydrogen-bond acceptors (Lipinski definition) is 6. The van der Waals surface area contributed by atoms with Gasteiger partial charge in [-0.25, -0.2) is 4.68 Å². The molecule has 1 saturated carbocycles. The molecule has 9 heteroatoms. The number of amides is 3. The van der Waals surface area contributed by atoms with E-state index in [0.29, 0.717) is 30.5 Å². The van der Waals surface area contributed by atoms with Crippen molar-refractivity contribution in [3.63, 3.8) is 0 Å². The lowest BCUT2D eigenvalue weighted by Crippen LogP contribution is -2.54. The molecule has 7 rings (SSSR count). The van der Waals surface area contributed by atoms with Gasteiger partial charge in [-0.1, -0.05) is 12.1 Å². The Bertz CT molecular complexity index is 1410. The summed E-state index contributed by atoms with van der Waals surface area (Å²) in [6.45, 7) is 2.43. The molecule has 0 spiro atoms. The Kier molecular flexibility index (Phi) is 5.96. The molecule has 3 aliphatic heterocycles. The molecule has 0 bridgehead atoms. The van der Waals surface area contributed by atoms with Crippen LogP contribution in [0.1, 0.15) is 59.5 Å². The van der Waals surface area contributed by atoms with E-state index in [-0.39, 0.29) is 30.2 Å². The highest BCUT2D eigenvalue weighted by atomic mass is 16.5. The van der Waals surface area contributed by atoms with Crippen LogP contribution in [0.3, 0.4) is 0 Å². The van der Waals surface area contributed by atoms with Gasteiger partial charge in [-0.05, 0) is 73.2 Å². The first-order valence-electron chi connectivity index (χ1n) is 13.8. The fraction of sp³-hybridized carbons (Fsp3) is 0.400. The van der Waals surface area contributed by atoms with Crippen LogP contribution in [0.4, 0.5) is 0 Å². The van der Waals surface area contributed by atoms with E-state index in [1.54, 1.807) is 11.1 Å². The van der Waals surface area contributed by atoms with Gasteiger partial charge in [0.1, 0.15) is 17.9 Å². The quantitative estimate of drug-likeness (QED) is 0.497. The molecule has 3 amide bonds. The minimum Gasteiger partial charge on any atom is -0.489 e. The van der Waals surface area contributed by atoms with E-state index in [1.807, 2.05) is 35.1 Å². The third-order valence-electron chi connectivity index (χ3n) is 8.71. The Morgan fingerprint density at radius 1 is 0.974 bits per heavy atom. The molecule has 2 aromatic carbocycles. The van der Waals surface area contributed by atoms with Crippen LogP contribution in [0.2, 0.25) is 0 Å². The Morgan fingerprint density at radius 3 is 2.59 bits per heavy atom. The second-order valence-electron chi connectivity index (χ2n) is 11.1. The van der Waals surface area contributed by atoms with E-state index in [2.05, 4.69) is 39.6 Å². The van der Waals surface area contributed by atoms with Crippen molar-refractivity contribution < 1.29 is 19.1 Å². The summed E-state index contributed by atoms with van der Waals surface area (Å²) in [4.78, 5) is 41.0. The first-order valence-corrected chi connectivity index (χ1v) is 13.8. The van der Waals surface area contributed by atoms with Crippen molar-refractivity contribution in [2.24, 2.45) is 0 Å². The molecule has 1 N–H and O–H groups in total. The number of hydrogen-bond donors (Lipinski definition) is 1. The maximum atomic E-state index is 13.0. The Morgan fingerprint density at radius 2 is 1.82 bits per heavy atom. The second kappa shape index (κ2) is 9.64. The van der Waals surface area contributed by atoms with Crippen LogP contribution in [0.25, 0.3) is 5.69 Å². The number of fused-ring (bicyclic) bond motifs is 1. The zero-order chi connectivity index (χ0) is 26.5. The van der Waals surface area contributed by atoms with E-state index < -0.39 is 6.04 Å². The van der Waals surface area contributed by atoms with Gasteiger partial charge in [0.25, 0.3) is 5.91 Å². The summed E-state index contributed by atoms with van der Waals surface area (Å²) in [6.07, 6.45) is 7.76. The lowest BCUT2D eigenvalue weighted by molar-refractivity contribution is -0.136. The van der Waals surface area contributed by atoms with Gasteiger partial charge < -0.3 is 9.64 Å². The number of piperidine rings is 1. The molecule has 1 aromatic heterocycles. The molecule has 4 heterocycles. The molecule has 2 saturated heterocycles. The van der Waals surface area contributed by atoms with Gasteiger partial charge in [0.15, 0.2) is 0 Å². The van der Waals surface area contributed by atoms with E-state index in [9.17, 15) is 14.4 Å². The van der Waals surface area contributed by atoms with E-state index >= 15 is 0 Å². The normalized spacial score (nSPS) is 25.5. The Hall–Kier alpha value is -3.98. The fourth-order valence-electron chi connectivity index (χ4n) is 6.58. The lowest BCUT2D eigenvalue weighted by atomic mass is 9.89. The maximum absolute atomic E-state index is 13.0. The van der Waals surface area contributed by atoms with Crippen LogP contribution in [0.15, 0.2) is 60.9 Å². The number of ether oxygens (including phenoxy) is 1. The standard InChI is InChI=1S/C30H31N5O4/c36-28-12-11-26(29(37)32-28)34-18-20-15-23(9-10-24(20)30(34)38)39-27-4-1-3-25(27)33-16-21(17-33)19-5-7-22(8-6-19)35-14-2-13-31-35/h2,5-10,13-15,21,25-27H,1,3-4,11-12,16-18H2,(H,32,36,37)/t25-,26?,27+/m1/s1. The average molecular weight is 526 g/mol. The molecule has 9 nitrogen and oxygen atoms in total. The van der Waals surface area contributed by atoms with E-state index in [1.165, 1.54) is 5.56 Å². The van der Waals surface area contributed by atoms with Gasteiger partial charge in [-0.3, -0.25) is 24.6 Å². The molecular weight excluding hydrogens is 494 g/mol. The van der Waals surface area contributed by atoms with Crippen LogP contribution in [0, 0.1) is 0 Å². The minimum atomic E-state index is -0.604. The summed E-state index contributed by atoms with van der Waals surface area (Å²) in [6, 6.07) is 16.0. The number of imide groups is 1. The third-order valence-corrected chi connectivity index (χ3v) is 8.71. The van der Waals surface area contributed by atoms with Crippen LogP contribution in [-0.2, 0) is 16.1 Å². The summed E-state index contributed by atoms with van der Waals surface area (Å²) < 4.78 is 8.39. The van der Waals surface area contributed by atoms with Crippen LogP contribution in [0.5, 0.6) is 5.75 Å². The van der Waals surface area contributed by atoms with Crippen LogP contribution in [-0.4, -0.2) is 68.6 Å². The SMILES string of the molecule is O=C1CCC(N2Cc3cc(O[C@H]4CCC[C@H]4N4CC(c5ccc(-n6cccn6)cc5)C4)ccc3C2=O)C(=O)N1. The van der Waals surface area contributed by atoms with Crippen LogP contribution >= 0.6 is 0 Å². The number of nitrogens with one attached hydrogen (secondary N) is 1. The van der Waals surface area contributed by atoms with Crippen molar-refractivity contribution in [1.29, 1.82) is 0 Å². The van der Waals surface area contributed by atoms with Crippen molar-refractivity contribution in [1.82, 2.24) is 24.9 Å². The van der Waals surface area contributed by atoms with Gasteiger partial charge in [-0.15, -0.1) is 0 Å². The molecule has 3 fully saturated rings. The number of aromatic nitrogens is 2. The minimum absolute atomic E-state index is 0.120. The molecule has 3 atom stereocenters. The lowest BCUT2D eigenvalue weighted by Gasteiger charge is -2.45. The Labute approximate surface area is 226 Å². The number of carbonyl (C=O) groups is 3. The number of likely N-dealkylation sites (tertiary alicyclic amines) is 1. The van der Waals surface area contributed by atoms with Crippen molar-refractivity contribution in [2.45, 2.75) is 62.8 Å². The highest BCUT2D eigenvalue weighted by Crippen LogP contribution is 2.37. The molecule has 39 heavy (non-hydrogen) atoms. The second-order valence-corrected chi connectivity index (χ2v) is 11.1. The van der Waals surface area contributed by atoms with Crippen LogP contribution < -0.4 is 10.1 Å². The third kappa shape index (κ3) is 4.40.